The van der Waals surface area contributed by atoms with Gasteiger partial charge in [0, 0.05) is 31.6 Å². The number of primary amides is 1. The Bertz CT molecular complexity index is 1020. The Kier molecular flexibility index (Phi) is 4.93. The molecule has 0 aliphatic carbocycles. The molecule has 10 nitrogen and oxygen atoms in total. The van der Waals surface area contributed by atoms with Crippen LogP contribution in [0.5, 0.6) is 5.75 Å². The minimum atomic E-state index is -0.423. The van der Waals surface area contributed by atoms with Gasteiger partial charge in [0.2, 0.25) is 5.91 Å². The van der Waals surface area contributed by atoms with E-state index >= 15 is 0 Å². The number of nitrogens with two attached hydrogens (primary N) is 1. The summed E-state index contributed by atoms with van der Waals surface area (Å²) in [6.07, 6.45) is 3.11. The zero-order valence-electron chi connectivity index (χ0n) is 17.3. The number of carbonyl (C=O) groups is 2. The highest BCUT2D eigenvalue weighted by Gasteiger charge is 2.37. The maximum atomic E-state index is 12.3. The zero-order chi connectivity index (χ0) is 21.5. The summed E-state index contributed by atoms with van der Waals surface area (Å²) >= 11 is 0. The fourth-order valence-corrected chi connectivity index (χ4v) is 4.58. The summed E-state index contributed by atoms with van der Waals surface area (Å²) in [6, 6.07) is 5.35. The molecule has 5 rings (SSSR count). The van der Waals surface area contributed by atoms with Gasteiger partial charge < -0.3 is 29.4 Å². The number of hydrogen-bond acceptors (Lipinski definition) is 7. The van der Waals surface area contributed by atoms with E-state index in [0.717, 1.165) is 36.5 Å². The van der Waals surface area contributed by atoms with Gasteiger partial charge in [0.1, 0.15) is 30.8 Å². The van der Waals surface area contributed by atoms with Gasteiger partial charge in [0.05, 0.1) is 24.8 Å². The molecule has 0 spiro atoms. The number of aromatic nitrogens is 2. The standard InChI is InChI=1S/C21H25N5O5/c1-29-11-14-12-31-21(28)26(14)18-10-24-7-8-30-17-9-13(4-5-15(17)20(24)23-18)25-6-2-3-16(25)19(22)27/h4-5,9-10,14,16H,2-3,6-8,11-12H2,1H3,(H2,22,27)/t14-,16+/m1/s1. The Morgan fingerprint density at radius 3 is 3.00 bits per heavy atom. The lowest BCUT2D eigenvalue weighted by Gasteiger charge is -2.25. The molecule has 2 aromatic rings. The van der Waals surface area contributed by atoms with Crippen LogP contribution in [0, 0.1) is 0 Å². The molecular formula is C21H25N5O5. The number of imidazole rings is 1. The molecule has 164 valence electrons. The van der Waals surface area contributed by atoms with Gasteiger partial charge >= 0.3 is 6.09 Å². The van der Waals surface area contributed by atoms with Crippen LogP contribution >= 0.6 is 0 Å². The number of fused-ring (bicyclic) bond motifs is 3. The molecule has 2 N–H and O–H groups in total. The van der Waals surface area contributed by atoms with Crippen molar-refractivity contribution >= 4 is 23.5 Å². The molecule has 2 fully saturated rings. The number of carbonyl (C=O) groups excluding carboxylic acids is 2. The predicted octanol–water partition coefficient (Wildman–Crippen LogP) is 1.37. The first-order valence-corrected chi connectivity index (χ1v) is 10.4. The molecule has 0 bridgehead atoms. The number of nitrogens with zero attached hydrogens (tertiary/aromatic N) is 4. The Hall–Kier alpha value is -3.27. The first-order valence-electron chi connectivity index (χ1n) is 10.4. The van der Waals surface area contributed by atoms with E-state index < -0.39 is 6.09 Å². The van der Waals surface area contributed by atoms with Crippen LogP contribution in [0.4, 0.5) is 16.3 Å². The van der Waals surface area contributed by atoms with Gasteiger partial charge in [0.15, 0.2) is 5.82 Å². The third-order valence-corrected chi connectivity index (χ3v) is 6.04. The van der Waals surface area contributed by atoms with Crippen molar-refractivity contribution in [1.29, 1.82) is 0 Å². The minimum absolute atomic E-state index is 0.212. The van der Waals surface area contributed by atoms with Crippen LogP contribution in [0.1, 0.15) is 12.8 Å². The average Bonchev–Trinajstić information content (AvgIpc) is 3.45. The van der Waals surface area contributed by atoms with Gasteiger partial charge in [0.25, 0.3) is 0 Å². The lowest BCUT2D eigenvalue weighted by molar-refractivity contribution is -0.119. The van der Waals surface area contributed by atoms with Crippen LogP contribution in [-0.4, -0.2) is 67.1 Å². The third kappa shape index (κ3) is 3.36. The van der Waals surface area contributed by atoms with Gasteiger partial charge in [-0.05, 0) is 25.0 Å². The van der Waals surface area contributed by atoms with Gasteiger partial charge in [-0.2, -0.15) is 0 Å². The molecule has 3 aliphatic rings. The highest BCUT2D eigenvalue weighted by Crippen LogP contribution is 2.38. The highest BCUT2D eigenvalue weighted by molar-refractivity contribution is 5.90. The van der Waals surface area contributed by atoms with Crippen molar-refractivity contribution in [1.82, 2.24) is 9.55 Å². The van der Waals surface area contributed by atoms with Crippen molar-refractivity contribution in [3.05, 3.63) is 24.4 Å². The molecule has 0 saturated carbocycles. The zero-order valence-corrected chi connectivity index (χ0v) is 17.3. The number of cyclic esters (lactones) is 1. The van der Waals surface area contributed by atoms with Crippen LogP contribution in [0.3, 0.4) is 0 Å². The summed E-state index contributed by atoms with van der Waals surface area (Å²) < 4.78 is 18.4. The number of hydrogen-bond donors (Lipinski definition) is 1. The number of benzene rings is 1. The normalized spacial score (nSPS) is 22.5. The number of methoxy groups -OCH3 is 1. The van der Waals surface area contributed by atoms with Crippen molar-refractivity contribution < 1.29 is 23.8 Å². The van der Waals surface area contributed by atoms with Crippen molar-refractivity contribution in [2.45, 2.75) is 31.5 Å². The molecule has 31 heavy (non-hydrogen) atoms. The van der Waals surface area contributed by atoms with E-state index in [1.807, 2.05) is 33.9 Å². The quantitative estimate of drug-likeness (QED) is 0.767. The number of rotatable bonds is 5. The summed E-state index contributed by atoms with van der Waals surface area (Å²) in [5.41, 5.74) is 7.32. The van der Waals surface area contributed by atoms with Crippen LogP contribution in [0.15, 0.2) is 24.4 Å². The van der Waals surface area contributed by atoms with Crippen molar-refractivity contribution in [2.24, 2.45) is 5.73 Å². The molecule has 1 aromatic heterocycles. The Balaban J connectivity index is 1.49. The number of amides is 2. The number of ether oxygens (including phenoxy) is 3. The maximum absolute atomic E-state index is 12.3. The van der Waals surface area contributed by atoms with Crippen molar-refractivity contribution in [2.75, 3.05) is 43.3 Å². The second-order valence-electron chi connectivity index (χ2n) is 7.95. The van der Waals surface area contributed by atoms with E-state index in [0.29, 0.717) is 31.3 Å². The first kappa shape index (κ1) is 19.7. The van der Waals surface area contributed by atoms with Crippen molar-refractivity contribution in [3.8, 4) is 17.1 Å². The smallest absolute Gasteiger partial charge is 0.416 e. The van der Waals surface area contributed by atoms with E-state index in [9.17, 15) is 9.59 Å². The Morgan fingerprint density at radius 1 is 1.32 bits per heavy atom. The lowest BCUT2D eigenvalue weighted by Crippen LogP contribution is -2.40. The highest BCUT2D eigenvalue weighted by atomic mass is 16.6. The monoisotopic (exact) mass is 427 g/mol. The minimum Gasteiger partial charge on any atom is -0.491 e. The van der Waals surface area contributed by atoms with Crippen LogP contribution in [0.25, 0.3) is 11.4 Å². The second-order valence-corrected chi connectivity index (χ2v) is 7.95. The summed E-state index contributed by atoms with van der Waals surface area (Å²) in [5.74, 6) is 1.64. The van der Waals surface area contributed by atoms with Crippen LogP contribution in [-0.2, 0) is 20.8 Å². The topological polar surface area (TPSA) is 112 Å². The predicted molar refractivity (Wildman–Crippen MR) is 112 cm³/mol. The van der Waals surface area contributed by atoms with Gasteiger partial charge in [-0.25, -0.2) is 9.78 Å². The molecule has 4 heterocycles. The number of anilines is 2. The Labute approximate surface area is 179 Å². The molecule has 10 heteroatoms. The van der Waals surface area contributed by atoms with E-state index in [1.54, 1.807) is 12.0 Å². The van der Waals surface area contributed by atoms with Gasteiger partial charge in [-0.1, -0.05) is 0 Å². The lowest BCUT2D eigenvalue weighted by atomic mass is 10.1. The van der Waals surface area contributed by atoms with Crippen LogP contribution < -0.4 is 20.3 Å². The fraction of sp³-hybridized carbons (Fsp3) is 0.476. The molecule has 0 unspecified atom stereocenters. The summed E-state index contributed by atoms with van der Waals surface area (Å²) in [6.45, 7) is 2.48. The first-order chi connectivity index (χ1) is 15.1. The third-order valence-electron chi connectivity index (χ3n) is 6.04. The molecular weight excluding hydrogens is 402 g/mol. The van der Waals surface area contributed by atoms with E-state index in [2.05, 4.69) is 0 Å². The fourth-order valence-electron chi connectivity index (χ4n) is 4.58. The van der Waals surface area contributed by atoms with Crippen LogP contribution in [0.2, 0.25) is 0 Å². The summed E-state index contributed by atoms with van der Waals surface area (Å²) in [7, 11) is 1.59. The molecule has 1 aromatic carbocycles. The molecule has 2 atom stereocenters. The van der Waals surface area contributed by atoms with E-state index in [1.165, 1.54) is 0 Å². The molecule has 0 radical (unpaired) electrons. The largest absolute Gasteiger partial charge is 0.491 e. The van der Waals surface area contributed by atoms with E-state index in [4.69, 9.17) is 24.9 Å². The molecule has 2 saturated heterocycles. The maximum Gasteiger partial charge on any atom is 0.416 e. The average molecular weight is 427 g/mol. The molecule has 3 aliphatic heterocycles. The second kappa shape index (κ2) is 7.77. The van der Waals surface area contributed by atoms with E-state index in [-0.39, 0.29) is 24.6 Å². The Morgan fingerprint density at radius 2 is 2.19 bits per heavy atom. The van der Waals surface area contributed by atoms with Gasteiger partial charge in [-0.3, -0.25) is 9.69 Å². The summed E-state index contributed by atoms with van der Waals surface area (Å²) in [4.78, 5) is 32.4. The SMILES string of the molecule is COC[C@@H]1COC(=O)N1c1cn2c(n1)-c1ccc(N3CCC[C@H]3C(N)=O)cc1OCC2. The van der Waals surface area contributed by atoms with Crippen molar-refractivity contribution in [3.63, 3.8) is 0 Å². The molecule has 2 amide bonds. The summed E-state index contributed by atoms with van der Waals surface area (Å²) in [5, 5.41) is 0. The van der Waals surface area contributed by atoms with Gasteiger partial charge in [-0.15, -0.1) is 0 Å².